The van der Waals surface area contributed by atoms with Crippen molar-refractivity contribution >= 4 is 21.5 Å². The number of methoxy groups -OCH3 is 2. The van der Waals surface area contributed by atoms with Crippen LogP contribution in [0.1, 0.15) is 11.1 Å². The van der Waals surface area contributed by atoms with E-state index in [-0.39, 0.29) is 0 Å². The van der Waals surface area contributed by atoms with Gasteiger partial charge in [-0.2, -0.15) is 0 Å². The Kier molecular flexibility index (Phi) is 3.01. The zero-order valence-corrected chi connectivity index (χ0v) is 12.3. The number of hydrogen-bond acceptors (Lipinski definition) is 2. The summed E-state index contributed by atoms with van der Waals surface area (Å²) in [5.41, 5.74) is 2.50. The largest absolute Gasteiger partial charge is 0.495 e. The van der Waals surface area contributed by atoms with Crippen molar-refractivity contribution in [2.24, 2.45) is 0 Å². The first-order valence-corrected chi connectivity index (χ1v) is 6.71. The molecule has 0 saturated heterocycles. The maximum atomic E-state index is 5.72. The molecule has 0 atom stereocenters. The molecule has 3 aromatic carbocycles. The number of fused-ring (bicyclic) bond motifs is 2. The van der Waals surface area contributed by atoms with Crippen LogP contribution in [0, 0.1) is 13.8 Å². The molecule has 0 radical (unpaired) electrons. The van der Waals surface area contributed by atoms with Gasteiger partial charge in [-0.05, 0) is 25.0 Å². The van der Waals surface area contributed by atoms with Gasteiger partial charge in [0.1, 0.15) is 11.5 Å². The molecule has 2 nitrogen and oxygen atoms in total. The minimum absolute atomic E-state index is 0.916. The van der Waals surface area contributed by atoms with Crippen LogP contribution >= 0.6 is 0 Å². The van der Waals surface area contributed by atoms with Gasteiger partial charge in [0.25, 0.3) is 0 Å². The van der Waals surface area contributed by atoms with Crippen molar-refractivity contribution in [3.63, 3.8) is 0 Å². The molecule has 2 heteroatoms. The van der Waals surface area contributed by atoms with Gasteiger partial charge in [0.15, 0.2) is 0 Å². The van der Waals surface area contributed by atoms with Crippen LogP contribution in [-0.4, -0.2) is 14.2 Å². The molecule has 3 aromatic rings. The van der Waals surface area contributed by atoms with Gasteiger partial charge in [0, 0.05) is 21.5 Å². The van der Waals surface area contributed by atoms with Gasteiger partial charge in [0.05, 0.1) is 14.2 Å². The van der Waals surface area contributed by atoms with Crippen molar-refractivity contribution in [2.75, 3.05) is 14.2 Å². The van der Waals surface area contributed by atoms with Crippen LogP contribution in [0.15, 0.2) is 36.4 Å². The van der Waals surface area contributed by atoms with Gasteiger partial charge in [-0.15, -0.1) is 0 Å². The molecule has 0 amide bonds. The molecule has 0 unspecified atom stereocenters. The van der Waals surface area contributed by atoms with E-state index in [1.165, 1.54) is 11.1 Å². The third kappa shape index (κ3) is 1.64. The van der Waals surface area contributed by atoms with E-state index in [1.807, 2.05) is 12.1 Å². The second-order valence-corrected chi connectivity index (χ2v) is 5.04. The Hall–Kier alpha value is -2.22. The summed E-state index contributed by atoms with van der Waals surface area (Å²) in [6.45, 7) is 4.25. The highest BCUT2D eigenvalue weighted by molar-refractivity contribution is 6.12. The summed E-state index contributed by atoms with van der Waals surface area (Å²) in [6.07, 6.45) is 0. The first-order chi connectivity index (χ1) is 9.69. The van der Waals surface area contributed by atoms with E-state index in [0.717, 1.165) is 33.0 Å². The zero-order chi connectivity index (χ0) is 14.3. The van der Waals surface area contributed by atoms with Crippen LogP contribution < -0.4 is 9.47 Å². The Bertz CT molecular complexity index is 803. The minimum atomic E-state index is 0.916. The Morgan fingerprint density at radius 3 is 1.90 bits per heavy atom. The highest BCUT2D eigenvalue weighted by atomic mass is 16.5. The average Bonchev–Trinajstić information content (AvgIpc) is 2.48. The summed E-state index contributed by atoms with van der Waals surface area (Å²) in [6, 6.07) is 12.5. The van der Waals surface area contributed by atoms with Gasteiger partial charge in [-0.25, -0.2) is 0 Å². The highest BCUT2D eigenvalue weighted by Gasteiger charge is 2.16. The zero-order valence-electron chi connectivity index (χ0n) is 12.3. The first-order valence-electron chi connectivity index (χ1n) is 6.71. The SMILES string of the molecule is COc1c2ccccc2c(OC)c2c(C)c(C)ccc12. The highest BCUT2D eigenvalue weighted by Crippen LogP contribution is 2.44. The lowest BCUT2D eigenvalue weighted by Gasteiger charge is -2.17. The molecule has 0 spiro atoms. The van der Waals surface area contributed by atoms with Crippen LogP contribution in [0.5, 0.6) is 11.5 Å². The second-order valence-electron chi connectivity index (χ2n) is 5.04. The van der Waals surface area contributed by atoms with E-state index in [0.29, 0.717) is 0 Å². The number of aryl methyl sites for hydroxylation is 2. The minimum Gasteiger partial charge on any atom is -0.495 e. The molecule has 0 heterocycles. The van der Waals surface area contributed by atoms with Crippen LogP contribution in [-0.2, 0) is 0 Å². The van der Waals surface area contributed by atoms with Gasteiger partial charge in [-0.1, -0.05) is 36.4 Å². The van der Waals surface area contributed by atoms with Crippen LogP contribution in [0.4, 0.5) is 0 Å². The first kappa shape index (κ1) is 12.8. The fourth-order valence-electron chi connectivity index (χ4n) is 2.89. The molecule has 0 bridgehead atoms. The molecule has 102 valence electrons. The van der Waals surface area contributed by atoms with E-state index < -0.39 is 0 Å². The second kappa shape index (κ2) is 4.71. The lowest BCUT2D eigenvalue weighted by atomic mass is 9.95. The molecular formula is C18H18O2. The molecule has 0 aliphatic heterocycles. The van der Waals surface area contributed by atoms with Crippen LogP contribution in [0.25, 0.3) is 21.5 Å². The molecule has 0 aromatic heterocycles. The molecule has 0 aliphatic carbocycles. The Morgan fingerprint density at radius 1 is 0.700 bits per heavy atom. The topological polar surface area (TPSA) is 18.5 Å². The maximum absolute atomic E-state index is 5.72. The quantitative estimate of drug-likeness (QED) is 0.630. The molecule has 0 fully saturated rings. The summed E-state index contributed by atoms with van der Waals surface area (Å²) in [7, 11) is 3.46. The molecule has 0 saturated carbocycles. The average molecular weight is 266 g/mol. The lowest BCUT2D eigenvalue weighted by Crippen LogP contribution is -1.95. The number of ether oxygens (including phenoxy) is 2. The van der Waals surface area contributed by atoms with Gasteiger partial charge in [-0.3, -0.25) is 0 Å². The van der Waals surface area contributed by atoms with Gasteiger partial charge in [0.2, 0.25) is 0 Å². The normalized spacial score (nSPS) is 11.0. The summed E-state index contributed by atoms with van der Waals surface area (Å²) in [5, 5.41) is 4.42. The van der Waals surface area contributed by atoms with E-state index >= 15 is 0 Å². The molecule has 0 N–H and O–H groups in total. The molecule has 20 heavy (non-hydrogen) atoms. The van der Waals surface area contributed by atoms with Crippen molar-refractivity contribution < 1.29 is 9.47 Å². The monoisotopic (exact) mass is 266 g/mol. The van der Waals surface area contributed by atoms with Crippen LogP contribution in [0.2, 0.25) is 0 Å². The fourth-order valence-corrected chi connectivity index (χ4v) is 2.89. The lowest BCUT2D eigenvalue weighted by molar-refractivity contribution is 0.417. The Labute approximate surface area is 118 Å². The fraction of sp³-hybridized carbons (Fsp3) is 0.222. The van der Waals surface area contributed by atoms with E-state index in [9.17, 15) is 0 Å². The number of hydrogen-bond donors (Lipinski definition) is 0. The van der Waals surface area contributed by atoms with Crippen molar-refractivity contribution in [1.29, 1.82) is 0 Å². The van der Waals surface area contributed by atoms with Crippen molar-refractivity contribution in [3.8, 4) is 11.5 Å². The van der Waals surface area contributed by atoms with E-state index in [4.69, 9.17) is 9.47 Å². The van der Waals surface area contributed by atoms with Crippen molar-refractivity contribution in [3.05, 3.63) is 47.5 Å². The van der Waals surface area contributed by atoms with Crippen molar-refractivity contribution in [2.45, 2.75) is 13.8 Å². The summed E-state index contributed by atoms with van der Waals surface area (Å²) < 4.78 is 11.4. The van der Waals surface area contributed by atoms with Gasteiger partial charge < -0.3 is 9.47 Å². The number of benzene rings is 3. The van der Waals surface area contributed by atoms with E-state index in [1.54, 1.807) is 14.2 Å². The number of rotatable bonds is 2. The Morgan fingerprint density at radius 2 is 1.30 bits per heavy atom. The summed E-state index contributed by atoms with van der Waals surface area (Å²) in [5.74, 6) is 1.84. The van der Waals surface area contributed by atoms with E-state index in [2.05, 4.69) is 38.1 Å². The standard InChI is InChI=1S/C18H18O2/c1-11-9-10-15-16(12(11)2)18(20-4)14-8-6-5-7-13(14)17(15)19-3/h5-10H,1-4H3. The third-order valence-electron chi connectivity index (χ3n) is 4.03. The molecular weight excluding hydrogens is 248 g/mol. The molecule has 3 rings (SSSR count). The Balaban J connectivity index is 2.66. The predicted molar refractivity (Wildman–Crippen MR) is 84.0 cm³/mol. The maximum Gasteiger partial charge on any atom is 0.135 e. The van der Waals surface area contributed by atoms with Gasteiger partial charge >= 0.3 is 0 Å². The van der Waals surface area contributed by atoms with Crippen molar-refractivity contribution in [1.82, 2.24) is 0 Å². The summed E-state index contributed by atoms with van der Waals surface area (Å²) >= 11 is 0. The van der Waals surface area contributed by atoms with Crippen LogP contribution in [0.3, 0.4) is 0 Å². The predicted octanol–water partition coefficient (Wildman–Crippen LogP) is 4.63. The third-order valence-corrected chi connectivity index (χ3v) is 4.03. The molecule has 0 aliphatic rings. The summed E-state index contributed by atoms with van der Waals surface area (Å²) in [4.78, 5) is 0. The smallest absolute Gasteiger partial charge is 0.135 e.